The van der Waals surface area contributed by atoms with E-state index in [0.29, 0.717) is 11.4 Å². The van der Waals surface area contributed by atoms with Gasteiger partial charge in [-0.3, -0.25) is 24.2 Å². The van der Waals surface area contributed by atoms with Crippen LogP contribution in [-0.4, -0.2) is 36.3 Å². The van der Waals surface area contributed by atoms with Gasteiger partial charge in [-0.05, 0) is 32.0 Å². The molecular weight excluding hydrogens is 416 g/mol. The molecule has 1 aromatic heterocycles. The molecule has 0 unspecified atom stereocenters. The largest absolute Gasteiger partial charge is 0.497 e. The average molecular weight is 435 g/mol. The van der Waals surface area contributed by atoms with Crippen LogP contribution in [-0.2, 0) is 19.9 Å². The molecule has 0 aliphatic carbocycles. The summed E-state index contributed by atoms with van der Waals surface area (Å²) in [5.74, 6) is -0.215. The van der Waals surface area contributed by atoms with Crippen molar-refractivity contribution in [2.24, 2.45) is 0 Å². The number of imide groups is 1. The molecule has 146 valence electrons. The first kappa shape index (κ1) is 19.2. The summed E-state index contributed by atoms with van der Waals surface area (Å²) in [6, 6.07) is 5.51. The van der Waals surface area contributed by atoms with Crippen molar-refractivity contribution < 1.29 is 19.1 Å². The molecule has 9 heteroatoms. The van der Waals surface area contributed by atoms with E-state index >= 15 is 0 Å². The number of anilines is 1. The summed E-state index contributed by atoms with van der Waals surface area (Å²) in [7, 11) is 4.65. The first-order valence-corrected chi connectivity index (χ1v) is 11.3. The van der Waals surface area contributed by atoms with Crippen LogP contribution < -0.4 is 9.64 Å². The van der Waals surface area contributed by atoms with Crippen LogP contribution in [0.5, 0.6) is 5.75 Å². The van der Waals surface area contributed by atoms with Crippen molar-refractivity contribution in [3.05, 3.63) is 26.9 Å². The van der Waals surface area contributed by atoms with Crippen molar-refractivity contribution in [3.63, 3.8) is 0 Å². The second-order valence-corrected chi connectivity index (χ2v) is 10.0. The van der Waals surface area contributed by atoms with Crippen molar-refractivity contribution in [3.8, 4) is 16.9 Å². The molecule has 3 heterocycles. The first-order chi connectivity index (χ1) is 13.3. The maximum absolute atomic E-state index is 13.3. The fourth-order valence-corrected chi connectivity index (χ4v) is 7.07. The second-order valence-electron chi connectivity index (χ2n) is 7.20. The molecular formula is C19H18N2O4S3. The summed E-state index contributed by atoms with van der Waals surface area (Å²) < 4.78 is 6.14. The number of hydrogen-bond donors (Lipinski definition) is 0. The Balaban J connectivity index is 1.84. The summed E-state index contributed by atoms with van der Waals surface area (Å²) in [6.07, 6.45) is 0.332. The standard InChI is InChI=1S/C19H18N2O4S3/c1-19(2)17-16(18(26)28-27-17)11-8-10(25-3)4-5-12(11)21(19)15(24)9-20-13(22)6-7-14(20)23/h4-5,8H,6-7,9H2,1-3H3. The Kier molecular flexibility index (Phi) is 4.64. The number of fused-ring (bicyclic) bond motifs is 3. The zero-order valence-corrected chi connectivity index (χ0v) is 18.1. The smallest absolute Gasteiger partial charge is 0.247 e. The van der Waals surface area contributed by atoms with Crippen molar-refractivity contribution in [2.45, 2.75) is 32.2 Å². The van der Waals surface area contributed by atoms with Crippen LogP contribution in [0.2, 0.25) is 0 Å². The van der Waals surface area contributed by atoms with E-state index in [4.69, 9.17) is 17.0 Å². The number of hydrogen-bond acceptors (Lipinski definition) is 7. The number of nitrogens with zero attached hydrogens (tertiary/aromatic N) is 2. The zero-order chi connectivity index (χ0) is 20.2. The van der Waals surface area contributed by atoms with Gasteiger partial charge in [-0.25, -0.2) is 0 Å². The fraction of sp³-hybridized carbons (Fsp3) is 0.368. The van der Waals surface area contributed by atoms with Crippen LogP contribution in [0.15, 0.2) is 18.2 Å². The Hall–Kier alpha value is -2.10. The van der Waals surface area contributed by atoms with E-state index in [1.807, 2.05) is 26.0 Å². The molecule has 3 amide bonds. The topological polar surface area (TPSA) is 66.9 Å². The predicted molar refractivity (Wildman–Crippen MR) is 111 cm³/mol. The predicted octanol–water partition coefficient (Wildman–Crippen LogP) is 3.95. The minimum Gasteiger partial charge on any atom is -0.497 e. The lowest BCUT2D eigenvalue weighted by Gasteiger charge is -2.43. The number of benzene rings is 1. The Bertz CT molecular complexity index is 1050. The van der Waals surface area contributed by atoms with Crippen LogP contribution in [0.3, 0.4) is 0 Å². The van der Waals surface area contributed by atoms with Gasteiger partial charge in [0.05, 0.1) is 23.2 Å². The van der Waals surface area contributed by atoms with Gasteiger partial charge >= 0.3 is 0 Å². The minimum absolute atomic E-state index is 0.166. The number of rotatable bonds is 3. The molecule has 0 radical (unpaired) electrons. The second kappa shape index (κ2) is 6.75. The fourth-order valence-electron chi connectivity index (χ4n) is 3.79. The zero-order valence-electron chi connectivity index (χ0n) is 15.6. The van der Waals surface area contributed by atoms with Gasteiger partial charge in [0, 0.05) is 24.0 Å². The van der Waals surface area contributed by atoms with Crippen molar-refractivity contribution in [2.75, 3.05) is 18.6 Å². The molecule has 4 rings (SSSR count). The molecule has 0 N–H and O–H groups in total. The van der Waals surface area contributed by atoms with E-state index in [-0.39, 0.29) is 37.1 Å². The van der Waals surface area contributed by atoms with Gasteiger partial charge in [-0.1, -0.05) is 32.9 Å². The highest BCUT2D eigenvalue weighted by Gasteiger charge is 2.44. The van der Waals surface area contributed by atoms with Crippen molar-refractivity contribution in [1.82, 2.24) is 4.90 Å². The molecule has 0 spiro atoms. The van der Waals surface area contributed by atoms with E-state index in [9.17, 15) is 14.4 Å². The van der Waals surface area contributed by atoms with Gasteiger partial charge in [-0.15, -0.1) is 0 Å². The number of carbonyl (C=O) groups excluding carboxylic acids is 3. The molecule has 6 nitrogen and oxygen atoms in total. The van der Waals surface area contributed by atoms with Gasteiger partial charge in [0.25, 0.3) is 0 Å². The monoisotopic (exact) mass is 434 g/mol. The summed E-state index contributed by atoms with van der Waals surface area (Å²) in [6.45, 7) is 3.67. The van der Waals surface area contributed by atoms with Gasteiger partial charge in [0.2, 0.25) is 17.7 Å². The quantitative estimate of drug-likeness (QED) is 0.416. The number of ether oxygens (including phenoxy) is 1. The van der Waals surface area contributed by atoms with Gasteiger partial charge in [-0.2, -0.15) is 0 Å². The molecule has 1 fully saturated rings. The molecule has 28 heavy (non-hydrogen) atoms. The van der Waals surface area contributed by atoms with Crippen molar-refractivity contribution >= 4 is 56.3 Å². The number of likely N-dealkylation sites (tertiary alicyclic amines) is 1. The Morgan fingerprint density at radius 3 is 2.54 bits per heavy atom. The molecule has 1 aromatic carbocycles. The molecule has 2 aromatic rings. The lowest BCUT2D eigenvalue weighted by Crippen LogP contribution is -2.52. The third kappa shape index (κ3) is 2.80. The van der Waals surface area contributed by atoms with E-state index in [0.717, 1.165) is 24.7 Å². The molecule has 0 atom stereocenters. The first-order valence-electron chi connectivity index (χ1n) is 8.74. The third-order valence-corrected chi connectivity index (χ3v) is 8.49. The Morgan fingerprint density at radius 1 is 1.21 bits per heavy atom. The average Bonchev–Trinajstić information content (AvgIpc) is 3.19. The lowest BCUT2D eigenvalue weighted by atomic mass is 9.87. The van der Waals surface area contributed by atoms with Crippen LogP contribution in [0.4, 0.5) is 5.69 Å². The van der Waals surface area contributed by atoms with Crippen molar-refractivity contribution in [1.29, 1.82) is 0 Å². The summed E-state index contributed by atoms with van der Waals surface area (Å²) in [5, 5.41) is 0. The molecule has 0 bridgehead atoms. The number of carbonyl (C=O) groups is 3. The Morgan fingerprint density at radius 2 is 1.89 bits per heavy atom. The highest BCUT2D eigenvalue weighted by molar-refractivity contribution is 7.80. The Labute approximate surface area is 174 Å². The maximum atomic E-state index is 13.3. The van der Waals surface area contributed by atoms with Gasteiger partial charge < -0.3 is 4.74 Å². The number of methoxy groups -OCH3 is 1. The minimum atomic E-state index is -0.655. The van der Waals surface area contributed by atoms with E-state index in [1.165, 1.54) is 10.3 Å². The third-order valence-electron chi connectivity index (χ3n) is 5.16. The summed E-state index contributed by atoms with van der Waals surface area (Å²) in [4.78, 5) is 41.1. The highest BCUT2D eigenvalue weighted by atomic mass is 32.9. The van der Waals surface area contributed by atoms with Crippen LogP contribution >= 0.6 is 32.9 Å². The van der Waals surface area contributed by atoms with Crippen LogP contribution in [0.25, 0.3) is 11.1 Å². The lowest BCUT2D eigenvalue weighted by molar-refractivity contribution is -0.142. The molecule has 0 saturated carbocycles. The summed E-state index contributed by atoms with van der Waals surface area (Å²) >= 11 is 5.57. The van der Waals surface area contributed by atoms with Gasteiger partial charge in [0.1, 0.15) is 16.1 Å². The normalized spacial score (nSPS) is 17.5. The van der Waals surface area contributed by atoms with Gasteiger partial charge in [0.15, 0.2) is 0 Å². The molecule has 2 aliphatic rings. The van der Waals surface area contributed by atoms with E-state index < -0.39 is 5.54 Å². The highest BCUT2D eigenvalue weighted by Crippen LogP contribution is 2.52. The van der Waals surface area contributed by atoms with E-state index in [1.54, 1.807) is 28.4 Å². The molecule has 1 saturated heterocycles. The SMILES string of the molecule is COc1ccc2c(c1)-c1c(ssc1=S)C(C)(C)N2C(=O)CN1C(=O)CCC1=O. The van der Waals surface area contributed by atoms with Crippen LogP contribution in [0.1, 0.15) is 31.6 Å². The van der Waals surface area contributed by atoms with Crippen LogP contribution in [0, 0.1) is 3.82 Å². The number of amides is 3. The maximum Gasteiger partial charge on any atom is 0.247 e. The summed E-state index contributed by atoms with van der Waals surface area (Å²) in [5.41, 5.74) is 1.85. The van der Waals surface area contributed by atoms with E-state index in [2.05, 4.69) is 0 Å². The molecule has 2 aliphatic heterocycles.